The van der Waals surface area contributed by atoms with Crippen molar-refractivity contribution in [1.29, 1.82) is 0 Å². The first kappa shape index (κ1) is 12.3. The number of amides is 1. The van der Waals surface area contributed by atoms with Crippen LogP contribution in [-0.4, -0.2) is 17.0 Å². The number of aliphatic carboxylic acids is 1. The molecule has 0 bridgehead atoms. The van der Waals surface area contributed by atoms with E-state index >= 15 is 0 Å². The maximum atomic E-state index is 11.6. The minimum atomic E-state index is -0.972. The second kappa shape index (κ2) is 5.34. The summed E-state index contributed by atoms with van der Waals surface area (Å²) in [6, 6.07) is 3.47. The predicted octanol–water partition coefficient (Wildman–Crippen LogP) is 1.25. The van der Waals surface area contributed by atoms with Gasteiger partial charge in [0.15, 0.2) is 0 Å². The molecule has 1 aromatic heterocycles. The molecule has 0 spiro atoms. The van der Waals surface area contributed by atoms with Crippen molar-refractivity contribution in [3.8, 4) is 0 Å². The van der Waals surface area contributed by atoms with E-state index in [1.165, 1.54) is 13.2 Å². The Morgan fingerprint density at radius 3 is 2.62 bits per heavy atom. The topological polar surface area (TPSA) is 79.5 Å². The van der Waals surface area contributed by atoms with E-state index in [-0.39, 0.29) is 12.5 Å². The number of rotatable bonds is 5. The molecule has 0 radical (unpaired) electrons. The summed E-state index contributed by atoms with van der Waals surface area (Å²) < 4.78 is 5.04. The maximum absolute atomic E-state index is 11.6. The summed E-state index contributed by atoms with van der Waals surface area (Å²) in [5.74, 6) is -1.88. The van der Waals surface area contributed by atoms with E-state index in [0.29, 0.717) is 5.76 Å². The summed E-state index contributed by atoms with van der Waals surface area (Å²) in [6.07, 6.45) is 1.52. The zero-order valence-electron chi connectivity index (χ0n) is 9.27. The Balaban J connectivity index is 2.43. The molecule has 0 fully saturated rings. The van der Waals surface area contributed by atoms with Gasteiger partial charge in [0.2, 0.25) is 5.91 Å². The van der Waals surface area contributed by atoms with E-state index in [2.05, 4.69) is 5.32 Å². The Bertz CT molecular complexity index is 358. The summed E-state index contributed by atoms with van der Waals surface area (Å²) in [5.41, 5.74) is 0. The van der Waals surface area contributed by atoms with E-state index in [1.54, 1.807) is 19.1 Å². The maximum Gasteiger partial charge on any atom is 0.307 e. The molecule has 2 atom stereocenters. The summed E-state index contributed by atoms with van der Waals surface area (Å²) in [7, 11) is 0. The average Bonchev–Trinajstić information content (AvgIpc) is 2.76. The lowest BCUT2D eigenvalue weighted by atomic mass is 9.95. The molecule has 5 nitrogen and oxygen atoms in total. The highest BCUT2D eigenvalue weighted by Crippen LogP contribution is 2.11. The Hall–Kier alpha value is -1.78. The Morgan fingerprint density at radius 2 is 2.12 bits per heavy atom. The van der Waals surface area contributed by atoms with E-state index < -0.39 is 17.8 Å². The molecule has 0 aliphatic rings. The lowest BCUT2D eigenvalue weighted by Crippen LogP contribution is -2.34. The highest BCUT2D eigenvalue weighted by Gasteiger charge is 2.25. The Kier molecular flexibility index (Phi) is 4.10. The highest BCUT2D eigenvalue weighted by atomic mass is 16.4. The fourth-order valence-electron chi connectivity index (χ4n) is 1.19. The minimum absolute atomic E-state index is 0.280. The normalized spacial score (nSPS) is 14.1. The van der Waals surface area contributed by atoms with Crippen LogP contribution in [0, 0.1) is 11.8 Å². The molecule has 2 unspecified atom stereocenters. The summed E-state index contributed by atoms with van der Waals surface area (Å²) >= 11 is 0. The molecule has 1 aromatic rings. The van der Waals surface area contributed by atoms with Crippen LogP contribution in [0.15, 0.2) is 22.8 Å². The van der Waals surface area contributed by atoms with Gasteiger partial charge in [-0.15, -0.1) is 0 Å². The molecule has 1 amide bonds. The molecular weight excluding hydrogens is 210 g/mol. The summed E-state index contributed by atoms with van der Waals surface area (Å²) in [4.78, 5) is 22.2. The van der Waals surface area contributed by atoms with Crippen molar-refractivity contribution in [2.75, 3.05) is 0 Å². The third kappa shape index (κ3) is 3.12. The molecular formula is C11H15NO4. The molecule has 0 aromatic carbocycles. The van der Waals surface area contributed by atoms with Crippen molar-refractivity contribution in [2.24, 2.45) is 11.8 Å². The van der Waals surface area contributed by atoms with Gasteiger partial charge < -0.3 is 14.8 Å². The van der Waals surface area contributed by atoms with Crippen molar-refractivity contribution < 1.29 is 19.1 Å². The van der Waals surface area contributed by atoms with Gasteiger partial charge >= 0.3 is 5.97 Å². The molecule has 5 heteroatoms. The number of carbonyl (C=O) groups excluding carboxylic acids is 1. The first-order chi connectivity index (χ1) is 7.52. The van der Waals surface area contributed by atoms with Crippen molar-refractivity contribution in [3.63, 3.8) is 0 Å². The number of nitrogens with one attached hydrogen (secondary N) is 1. The smallest absolute Gasteiger partial charge is 0.307 e. The van der Waals surface area contributed by atoms with Gasteiger partial charge in [-0.2, -0.15) is 0 Å². The van der Waals surface area contributed by atoms with Crippen LogP contribution in [-0.2, 0) is 16.1 Å². The Labute approximate surface area is 93.4 Å². The van der Waals surface area contributed by atoms with Crippen molar-refractivity contribution in [3.05, 3.63) is 24.2 Å². The summed E-state index contributed by atoms with van der Waals surface area (Å²) in [6.45, 7) is 3.39. The number of carboxylic acid groups (broad SMARTS) is 1. The molecule has 2 N–H and O–H groups in total. The highest BCUT2D eigenvalue weighted by molar-refractivity contribution is 5.84. The molecule has 0 aliphatic carbocycles. The third-order valence-electron chi connectivity index (χ3n) is 2.57. The Morgan fingerprint density at radius 1 is 1.44 bits per heavy atom. The van der Waals surface area contributed by atoms with Gasteiger partial charge in [-0.1, -0.05) is 13.8 Å². The number of furan rings is 1. The lowest BCUT2D eigenvalue weighted by molar-refractivity contribution is -0.146. The van der Waals surface area contributed by atoms with Crippen LogP contribution in [0.1, 0.15) is 19.6 Å². The van der Waals surface area contributed by atoms with Crippen LogP contribution in [0.3, 0.4) is 0 Å². The zero-order valence-corrected chi connectivity index (χ0v) is 9.27. The predicted molar refractivity (Wildman–Crippen MR) is 56.5 cm³/mol. The van der Waals surface area contributed by atoms with Crippen molar-refractivity contribution >= 4 is 11.9 Å². The molecule has 88 valence electrons. The van der Waals surface area contributed by atoms with Gasteiger partial charge in [0.25, 0.3) is 0 Å². The van der Waals surface area contributed by atoms with Gasteiger partial charge in [0.05, 0.1) is 18.7 Å². The van der Waals surface area contributed by atoms with Crippen LogP contribution in [0.2, 0.25) is 0 Å². The molecule has 0 aliphatic heterocycles. The molecule has 1 rings (SSSR count). The largest absolute Gasteiger partial charge is 0.481 e. The van der Waals surface area contributed by atoms with Gasteiger partial charge in [0.1, 0.15) is 5.76 Å². The van der Waals surface area contributed by atoms with Crippen LogP contribution in [0.4, 0.5) is 0 Å². The molecule has 16 heavy (non-hydrogen) atoms. The third-order valence-corrected chi connectivity index (χ3v) is 2.57. The first-order valence-corrected chi connectivity index (χ1v) is 5.05. The van der Waals surface area contributed by atoms with E-state index in [0.717, 1.165) is 0 Å². The molecule has 0 saturated heterocycles. The van der Waals surface area contributed by atoms with Crippen LogP contribution < -0.4 is 5.32 Å². The van der Waals surface area contributed by atoms with Crippen LogP contribution in [0.5, 0.6) is 0 Å². The van der Waals surface area contributed by atoms with Gasteiger partial charge in [-0.25, -0.2) is 0 Å². The number of hydrogen-bond donors (Lipinski definition) is 2. The van der Waals surface area contributed by atoms with Gasteiger partial charge in [-0.05, 0) is 12.1 Å². The molecule has 0 saturated carbocycles. The quantitative estimate of drug-likeness (QED) is 0.790. The average molecular weight is 225 g/mol. The van der Waals surface area contributed by atoms with Crippen molar-refractivity contribution in [2.45, 2.75) is 20.4 Å². The monoisotopic (exact) mass is 225 g/mol. The second-order valence-electron chi connectivity index (χ2n) is 3.71. The fourth-order valence-corrected chi connectivity index (χ4v) is 1.19. The SMILES string of the molecule is CC(C(=O)O)C(C)C(=O)NCc1ccco1. The summed E-state index contributed by atoms with van der Waals surface area (Å²) in [5, 5.41) is 11.4. The standard InChI is InChI=1S/C11H15NO4/c1-7(8(2)11(14)15)10(13)12-6-9-4-3-5-16-9/h3-5,7-8H,6H2,1-2H3,(H,12,13)(H,14,15). The number of hydrogen-bond acceptors (Lipinski definition) is 3. The first-order valence-electron chi connectivity index (χ1n) is 5.05. The minimum Gasteiger partial charge on any atom is -0.481 e. The van der Waals surface area contributed by atoms with Gasteiger partial charge in [-0.3, -0.25) is 9.59 Å². The van der Waals surface area contributed by atoms with E-state index in [4.69, 9.17) is 9.52 Å². The number of carboxylic acids is 1. The van der Waals surface area contributed by atoms with Crippen molar-refractivity contribution in [1.82, 2.24) is 5.32 Å². The molecule has 1 heterocycles. The second-order valence-corrected chi connectivity index (χ2v) is 3.71. The van der Waals surface area contributed by atoms with E-state index in [9.17, 15) is 9.59 Å². The van der Waals surface area contributed by atoms with Crippen LogP contribution in [0.25, 0.3) is 0 Å². The fraction of sp³-hybridized carbons (Fsp3) is 0.455. The van der Waals surface area contributed by atoms with E-state index in [1.807, 2.05) is 0 Å². The van der Waals surface area contributed by atoms with Gasteiger partial charge in [0, 0.05) is 5.92 Å². The van der Waals surface area contributed by atoms with Crippen LogP contribution >= 0.6 is 0 Å². The number of carbonyl (C=O) groups is 2. The zero-order chi connectivity index (χ0) is 12.1. The lowest BCUT2D eigenvalue weighted by Gasteiger charge is -2.15.